The topological polar surface area (TPSA) is 71.5 Å². The molecule has 1 heterocycles. The largest absolute Gasteiger partial charge is 0.497 e. The van der Waals surface area contributed by atoms with Gasteiger partial charge in [-0.2, -0.15) is 0 Å². The molecule has 1 amide bonds. The van der Waals surface area contributed by atoms with Crippen molar-refractivity contribution in [1.29, 1.82) is 0 Å². The van der Waals surface area contributed by atoms with Crippen molar-refractivity contribution in [3.63, 3.8) is 0 Å². The highest BCUT2D eigenvalue weighted by atomic mass is 16.5. The van der Waals surface area contributed by atoms with E-state index in [-0.39, 0.29) is 17.9 Å². The van der Waals surface area contributed by atoms with Gasteiger partial charge >= 0.3 is 0 Å². The second kappa shape index (κ2) is 7.42. The van der Waals surface area contributed by atoms with Crippen LogP contribution in [0.1, 0.15) is 36.3 Å². The lowest BCUT2D eigenvalue weighted by atomic mass is 10.0. The smallest absolute Gasteiger partial charge is 0.253 e. The Morgan fingerprint density at radius 3 is 2.74 bits per heavy atom. The van der Waals surface area contributed by atoms with E-state index in [9.17, 15) is 9.90 Å². The first-order valence-corrected chi connectivity index (χ1v) is 7.82. The summed E-state index contributed by atoms with van der Waals surface area (Å²) in [6.07, 6.45) is 0.302. The van der Waals surface area contributed by atoms with Gasteiger partial charge in [-0.15, -0.1) is 0 Å². The lowest BCUT2D eigenvalue weighted by molar-refractivity contribution is 0.0938. The van der Waals surface area contributed by atoms with Gasteiger partial charge in [-0.3, -0.25) is 9.78 Å². The number of ether oxygens (including phenoxy) is 1. The van der Waals surface area contributed by atoms with E-state index in [1.54, 1.807) is 14.0 Å². The lowest BCUT2D eigenvalue weighted by Gasteiger charge is -2.15. The highest BCUT2D eigenvalue weighted by Gasteiger charge is 2.14. The zero-order valence-corrected chi connectivity index (χ0v) is 14.1. The molecule has 0 aliphatic rings. The van der Waals surface area contributed by atoms with Crippen LogP contribution in [-0.4, -0.2) is 35.8 Å². The third-order valence-corrected chi connectivity index (χ3v) is 3.81. The quantitative estimate of drug-likeness (QED) is 0.859. The summed E-state index contributed by atoms with van der Waals surface area (Å²) in [7, 11) is 1.62. The summed E-state index contributed by atoms with van der Waals surface area (Å²) in [5, 5.41) is 13.2. The van der Waals surface area contributed by atoms with E-state index in [0.717, 1.165) is 16.7 Å². The van der Waals surface area contributed by atoms with Crippen LogP contribution in [0.5, 0.6) is 5.75 Å². The van der Waals surface area contributed by atoms with Crippen LogP contribution in [0.3, 0.4) is 0 Å². The number of carbonyl (C=O) groups is 1. The van der Waals surface area contributed by atoms with E-state index in [1.807, 2.05) is 38.1 Å². The molecule has 2 atom stereocenters. The first-order valence-electron chi connectivity index (χ1n) is 7.82. The number of aryl methyl sites for hydroxylation is 1. The first kappa shape index (κ1) is 17.2. The van der Waals surface area contributed by atoms with Crippen LogP contribution >= 0.6 is 0 Å². The van der Waals surface area contributed by atoms with Crippen LogP contribution in [0.4, 0.5) is 0 Å². The Morgan fingerprint density at radius 2 is 2.09 bits per heavy atom. The van der Waals surface area contributed by atoms with Gasteiger partial charge < -0.3 is 15.2 Å². The molecule has 2 rings (SSSR count). The number of pyridine rings is 1. The number of aliphatic hydroxyl groups excluding tert-OH is 1. The molecule has 0 radical (unpaired) electrons. The lowest BCUT2D eigenvalue weighted by Crippen LogP contribution is -2.30. The molecule has 5 nitrogen and oxygen atoms in total. The van der Waals surface area contributed by atoms with Gasteiger partial charge in [0.15, 0.2) is 0 Å². The van der Waals surface area contributed by atoms with Crippen molar-refractivity contribution in [2.75, 3.05) is 13.7 Å². The van der Waals surface area contributed by atoms with Crippen molar-refractivity contribution >= 4 is 16.8 Å². The molecular weight excluding hydrogens is 292 g/mol. The molecule has 0 fully saturated rings. The molecule has 0 spiro atoms. The van der Waals surface area contributed by atoms with Crippen LogP contribution in [0, 0.1) is 12.8 Å². The fraction of sp³-hybridized carbons (Fsp3) is 0.444. The van der Waals surface area contributed by atoms with Crippen LogP contribution in [0.2, 0.25) is 0 Å². The normalized spacial score (nSPS) is 13.6. The Kier molecular flexibility index (Phi) is 5.55. The fourth-order valence-electron chi connectivity index (χ4n) is 2.63. The van der Waals surface area contributed by atoms with Crippen molar-refractivity contribution < 1.29 is 14.6 Å². The maximum atomic E-state index is 12.4. The minimum atomic E-state index is -0.360. The maximum absolute atomic E-state index is 12.4. The van der Waals surface area contributed by atoms with Gasteiger partial charge in [0, 0.05) is 18.0 Å². The number of aliphatic hydroxyl groups is 1. The molecule has 5 heteroatoms. The second-order valence-electron chi connectivity index (χ2n) is 6.08. The standard InChI is InChI=1S/C18H24N2O3/c1-11(7-12(2)21)10-19-18(22)16-8-14-5-6-15(23-4)9-17(14)20-13(16)3/h5-6,8-9,11-12,21H,7,10H2,1-4H3,(H,19,22). The van der Waals surface area contributed by atoms with E-state index in [4.69, 9.17) is 4.74 Å². The van der Waals surface area contributed by atoms with Crippen LogP contribution < -0.4 is 10.1 Å². The molecule has 2 aromatic rings. The molecule has 0 aliphatic carbocycles. The van der Waals surface area contributed by atoms with Crippen molar-refractivity contribution in [3.8, 4) is 5.75 Å². The monoisotopic (exact) mass is 316 g/mol. The molecule has 0 saturated carbocycles. The van der Waals surface area contributed by atoms with Gasteiger partial charge in [-0.1, -0.05) is 6.92 Å². The molecule has 1 aromatic carbocycles. The van der Waals surface area contributed by atoms with Gasteiger partial charge in [-0.05, 0) is 44.4 Å². The molecule has 2 unspecified atom stereocenters. The number of hydrogen-bond donors (Lipinski definition) is 2. The number of aromatic nitrogens is 1. The number of nitrogens with one attached hydrogen (secondary N) is 1. The summed E-state index contributed by atoms with van der Waals surface area (Å²) in [6.45, 7) is 6.12. The average molecular weight is 316 g/mol. The Bertz CT molecular complexity index is 698. The molecular formula is C18H24N2O3. The van der Waals surface area contributed by atoms with E-state index < -0.39 is 0 Å². The molecule has 2 N–H and O–H groups in total. The van der Waals surface area contributed by atoms with Gasteiger partial charge in [0.1, 0.15) is 5.75 Å². The maximum Gasteiger partial charge on any atom is 0.253 e. The molecule has 23 heavy (non-hydrogen) atoms. The number of nitrogens with zero attached hydrogens (tertiary/aromatic N) is 1. The minimum Gasteiger partial charge on any atom is -0.497 e. The van der Waals surface area contributed by atoms with Crippen molar-refractivity contribution in [3.05, 3.63) is 35.5 Å². The summed E-state index contributed by atoms with van der Waals surface area (Å²) in [5.74, 6) is 0.829. The highest BCUT2D eigenvalue weighted by Crippen LogP contribution is 2.21. The number of benzene rings is 1. The summed E-state index contributed by atoms with van der Waals surface area (Å²) < 4.78 is 5.20. The van der Waals surface area contributed by atoms with Gasteiger partial charge in [-0.25, -0.2) is 0 Å². The zero-order chi connectivity index (χ0) is 17.0. The predicted octanol–water partition coefficient (Wildman–Crippen LogP) is 2.69. The number of hydrogen-bond acceptors (Lipinski definition) is 4. The Morgan fingerprint density at radius 1 is 1.35 bits per heavy atom. The number of fused-ring (bicyclic) bond motifs is 1. The SMILES string of the molecule is COc1ccc2cc(C(=O)NCC(C)CC(C)O)c(C)nc2c1. The molecule has 0 bridgehead atoms. The number of amides is 1. The van der Waals surface area contributed by atoms with Crippen LogP contribution in [-0.2, 0) is 0 Å². The molecule has 0 saturated heterocycles. The summed E-state index contributed by atoms with van der Waals surface area (Å²) in [6, 6.07) is 7.46. The third-order valence-electron chi connectivity index (χ3n) is 3.81. The number of rotatable bonds is 6. The summed E-state index contributed by atoms with van der Waals surface area (Å²) >= 11 is 0. The average Bonchev–Trinajstić information content (AvgIpc) is 2.50. The Hall–Kier alpha value is -2.14. The van der Waals surface area contributed by atoms with E-state index in [2.05, 4.69) is 10.3 Å². The fourth-order valence-corrected chi connectivity index (χ4v) is 2.63. The van der Waals surface area contributed by atoms with Crippen molar-refractivity contribution in [2.24, 2.45) is 5.92 Å². The first-order chi connectivity index (χ1) is 10.9. The van der Waals surface area contributed by atoms with Gasteiger partial charge in [0.2, 0.25) is 0 Å². The predicted molar refractivity (Wildman–Crippen MR) is 90.8 cm³/mol. The minimum absolute atomic E-state index is 0.134. The summed E-state index contributed by atoms with van der Waals surface area (Å²) in [4.78, 5) is 16.9. The van der Waals surface area contributed by atoms with Crippen LogP contribution in [0.15, 0.2) is 24.3 Å². The van der Waals surface area contributed by atoms with Gasteiger partial charge in [0.25, 0.3) is 5.91 Å². The van der Waals surface area contributed by atoms with Crippen molar-refractivity contribution in [1.82, 2.24) is 10.3 Å². The summed E-state index contributed by atoms with van der Waals surface area (Å²) in [5.41, 5.74) is 2.07. The van der Waals surface area contributed by atoms with E-state index in [0.29, 0.717) is 24.2 Å². The molecule has 124 valence electrons. The Labute approximate surface area is 136 Å². The van der Waals surface area contributed by atoms with E-state index >= 15 is 0 Å². The Balaban J connectivity index is 2.15. The van der Waals surface area contributed by atoms with E-state index in [1.165, 1.54) is 0 Å². The van der Waals surface area contributed by atoms with Crippen LogP contribution in [0.25, 0.3) is 10.9 Å². The van der Waals surface area contributed by atoms with Crippen molar-refractivity contribution in [2.45, 2.75) is 33.3 Å². The third kappa shape index (κ3) is 4.42. The molecule has 1 aromatic heterocycles. The highest BCUT2D eigenvalue weighted by molar-refractivity contribution is 5.98. The second-order valence-corrected chi connectivity index (χ2v) is 6.08. The molecule has 0 aliphatic heterocycles. The van der Waals surface area contributed by atoms with Gasteiger partial charge in [0.05, 0.1) is 30.0 Å². The number of methoxy groups -OCH3 is 1. The zero-order valence-electron chi connectivity index (χ0n) is 14.1. The number of carbonyl (C=O) groups excluding carboxylic acids is 1.